The van der Waals surface area contributed by atoms with E-state index in [-0.39, 0.29) is 36.6 Å². The van der Waals surface area contributed by atoms with Crippen LogP contribution in [0.25, 0.3) is 0 Å². The summed E-state index contributed by atoms with van der Waals surface area (Å²) in [7, 11) is -3.81. The number of carbonyl (C=O) groups is 1. The maximum Gasteiger partial charge on any atom is 0.225 e. The van der Waals surface area contributed by atoms with Gasteiger partial charge in [0.15, 0.2) is 0 Å². The number of hydrogen-bond acceptors (Lipinski definition) is 4. The fourth-order valence-electron chi connectivity index (χ4n) is 4.17. The van der Waals surface area contributed by atoms with Crippen molar-refractivity contribution >= 4 is 15.9 Å². The average molecular weight is 462 g/mol. The largest absolute Gasteiger partial charge is 0.369 e. The highest BCUT2D eigenvalue weighted by molar-refractivity contribution is 7.89. The van der Waals surface area contributed by atoms with E-state index in [2.05, 4.69) is 0 Å². The van der Waals surface area contributed by atoms with Crippen molar-refractivity contribution in [2.45, 2.75) is 56.4 Å². The van der Waals surface area contributed by atoms with Crippen LogP contribution in [0.15, 0.2) is 42.5 Å². The first-order chi connectivity index (χ1) is 15.2. The second-order valence-electron chi connectivity index (χ2n) is 8.03. The monoisotopic (exact) mass is 461 g/mol. The summed E-state index contributed by atoms with van der Waals surface area (Å²) in [6.45, 7) is 1.42. The molecule has 0 radical (unpaired) electrons. The number of sulfonamides is 1. The summed E-state index contributed by atoms with van der Waals surface area (Å²) in [6, 6.07) is 12.1. The van der Waals surface area contributed by atoms with Crippen molar-refractivity contribution in [3.05, 3.63) is 70.8 Å². The van der Waals surface area contributed by atoms with Gasteiger partial charge in [0.25, 0.3) is 0 Å². The van der Waals surface area contributed by atoms with Crippen molar-refractivity contribution in [1.29, 1.82) is 5.26 Å². The number of carbonyl (C=O) groups excluding carboxylic acids is 1. The molecule has 6 nitrogen and oxygen atoms in total. The molecule has 0 bridgehead atoms. The van der Waals surface area contributed by atoms with Gasteiger partial charge in [-0.15, -0.1) is 0 Å². The lowest BCUT2D eigenvalue weighted by Crippen LogP contribution is -2.44. The molecule has 1 fully saturated rings. The number of hydrogen-bond donors (Lipinski definition) is 1. The molecule has 0 aromatic heterocycles. The lowest BCUT2D eigenvalue weighted by Gasteiger charge is -2.37. The zero-order chi connectivity index (χ0) is 23.5. The molecule has 170 valence electrons. The van der Waals surface area contributed by atoms with Gasteiger partial charge in [-0.3, -0.25) is 4.79 Å². The Balaban J connectivity index is 1.92. The first kappa shape index (κ1) is 23.8. The molecule has 0 saturated carbocycles. The molecule has 0 spiro atoms. The molecule has 1 heterocycles. The minimum atomic E-state index is -3.81. The van der Waals surface area contributed by atoms with Gasteiger partial charge in [0.05, 0.1) is 12.0 Å². The zero-order valence-corrected chi connectivity index (χ0v) is 18.5. The number of benzene rings is 2. The van der Waals surface area contributed by atoms with Crippen LogP contribution < -0.4 is 5.73 Å². The summed E-state index contributed by atoms with van der Waals surface area (Å²) in [4.78, 5) is 11.7. The summed E-state index contributed by atoms with van der Waals surface area (Å²) in [5.41, 5.74) is 5.62. The molecule has 0 aliphatic carbocycles. The van der Waals surface area contributed by atoms with Crippen molar-refractivity contribution in [2.24, 2.45) is 5.73 Å². The van der Waals surface area contributed by atoms with Gasteiger partial charge in [0.1, 0.15) is 16.9 Å². The molecule has 2 aromatic rings. The number of primary amides is 1. The minimum absolute atomic E-state index is 0.0299. The lowest BCUT2D eigenvalue weighted by molar-refractivity contribution is -0.119. The molecule has 1 amide bonds. The number of halogens is 2. The third-order valence-electron chi connectivity index (χ3n) is 5.95. The van der Waals surface area contributed by atoms with Crippen molar-refractivity contribution in [1.82, 2.24) is 4.31 Å². The summed E-state index contributed by atoms with van der Waals surface area (Å²) in [5, 5.41) is 7.99. The topological polar surface area (TPSA) is 104 Å². The van der Waals surface area contributed by atoms with Crippen molar-refractivity contribution < 1.29 is 22.0 Å². The van der Waals surface area contributed by atoms with Gasteiger partial charge in [-0.1, -0.05) is 30.3 Å². The Morgan fingerprint density at radius 1 is 1.22 bits per heavy atom. The van der Waals surface area contributed by atoms with Crippen LogP contribution in [0.1, 0.15) is 60.5 Å². The molecular weight excluding hydrogens is 436 g/mol. The van der Waals surface area contributed by atoms with Gasteiger partial charge in [-0.05, 0) is 43.9 Å². The fourth-order valence-corrected chi connectivity index (χ4v) is 6.36. The average Bonchev–Trinajstić information content (AvgIpc) is 2.74. The van der Waals surface area contributed by atoms with E-state index >= 15 is 0 Å². The Bertz CT molecular complexity index is 1130. The maximum atomic E-state index is 14.9. The SMILES string of the molecule is C[C@H]1CC[C@H](c2ccccc2)S(=O)(=O)N1Cc1cc(F)c([C@H](CCC#N)C(N)=O)cc1F. The smallest absolute Gasteiger partial charge is 0.225 e. The van der Waals surface area contributed by atoms with E-state index in [4.69, 9.17) is 11.0 Å². The van der Waals surface area contributed by atoms with Gasteiger partial charge < -0.3 is 5.73 Å². The molecule has 1 saturated heterocycles. The Labute approximate surface area is 186 Å². The zero-order valence-electron chi connectivity index (χ0n) is 17.7. The molecule has 1 aliphatic rings. The van der Waals surface area contributed by atoms with Gasteiger partial charge in [-0.2, -0.15) is 9.57 Å². The van der Waals surface area contributed by atoms with Gasteiger partial charge >= 0.3 is 0 Å². The predicted molar refractivity (Wildman–Crippen MR) is 115 cm³/mol. The van der Waals surface area contributed by atoms with Gasteiger partial charge in [0, 0.05) is 30.1 Å². The number of rotatable bonds is 7. The molecule has 9 heteroatoms. The van der Waals surface area contributed by atoms with E-state index in [0.29, 0.717) is 18.4 Å². The molecule has 3 atom stereocenters. The van der Waals surface area contributed by atoms with Crippen LogP contribution in [0.5, 0.6) is 0 Å². The summed E-state index contributed by atoms with van der Waals surface area (Å²) < 4.78 is 57.6. The predicted octanol–water partition coefficient (Wildman–Crippen LogP) is 3.89. The quantitative estimate of drug-likeness (QED) is 0.675. The Morgan fingerprint density at radius 2 is 1.91 bits per heavy atom. The van der Waals surface area contributed by atoms with E-state index in [1.165, 1.54) is 4.31 Å². The first-order valence-electron chi connectivity index (χ1n) is 10.4. The number of nitrogens with zero attached hydrogens (tertiary/aromatic N) is 2. The van der Waals surface area contributed by atoms with E-state index in [1.807, 2.05) is 6.07 Å². The highest BCUT2D eigenvalue weighted by Gasteiger charge is 2.40. The second kappa shape index (κ2) is 9.76. The van der Waals surface area contributed by atoms with Crippen molar-refractivity contribution in [3.8, 4) is 6.07 Å². The number of nitrogens with two attached hydrogens (primary N) is 1. The standard InChI is InChI=1S/C23H25F2N3O3S/c1-15-9-10-22(16-6-3-2-4-7-16)32(30,31)28(15)14-17-12-21(25)19(13-20(17)24)18(23(27)29)8-5-11-26/h2-4,6-7,12-13,15,18,22H,5,8-10,14H2,1H3,(H2,27,29)/t15-,18-,22+/m0/s1. The van der Waals surface area contributed by atoms with Crippen LogP contribution in [-0.2, 0) is 21.4 Å². The maximum absolute atomic E-state index is 14.9. The Hall–Kier alpha value is -2.83. The highest BCUT2D eigenvalue weighted by atomic mass is 32.2. The molecule has 0 unspecified atom stereocenters. The van der Waals surface area contributed by atoms with Crippen LogP contribution in [-0.4, -0.2) is 24.7 Å². The van der Waals surface area contributed by atoms with E-state index in [1.54, 1.807) is 37.3 Å². The summed E-state index contributed by atoms with van der Waals surface area (Å²) in [5.74, 6) is -3.68. The molecule has 32 heavy (non-hydrogen) atoms. The van der Waals surface area contributed by atoms with E-state index in [9.17, 15) is 22.0 Å². The third-order valence-corrected chi connectivity index (χ3v) is 8.32. The van der Waals surface area contributed by atoms with Crippen LogP contribution >= 0.6 is 0 Å². The highest BCUT2D eigenvalue weighted by Crippen LogP contribution is 2.38. The van der Waals surface area contributed by atoms with Crippen LogP contribution in [0.2, 0.25) is 0 Å². The fraction of sp³-hybridized carbons (Fsp3) is 0.391. The Morgan fingerprint density at radius 3 is 2.53 bits per heavy atom. The van der Waals surface area contributed by atoms with Crippen LogP contribution in [0.4, 0.5) is 8.78 Å². The van der Waals surface area contributed by atoms with E-state index in [0.717, 1.165) is 12.1 Å². The van der Waals surface area contributed by atoms with Crippen LogP contribution in [0.3, 0.4) is 0 Å². The molecular formula is C23H25F2N3O3S. The number of nitriles is 1. The normalized spacial score (nSPS) is 21.6. The second-order valence-corrected chi connectivity index (χ2v) is 10.1. The van der Waals surface area contributed by atoms with Crippen LogP contribution in [0, 0.1) is 23.0 Å². The van der Waals surface area contributed by atoms with Gasteiger partial charge in [0.2, 0.25) is 15.9 Å². The van der Waals surface area contributed by atoms with Crippen molar-refractivity contribution in [3.63, 3.8) is 0 Å². The summed E-state index contributed by atoms with van der Waals surface area (Å²) >= 11 is 0. The first-order valence-corrected chi connectivity index (χ1v) is 11.9. The molecule has 2 N–H and O–H groups in total. The molecule has 1 aliphatic heterocycles. The van der Waals surface area contributed by atoms with Gasteiger partial charge in [-0.25, -0.2) is 17.2 Å². The molecule has 3 rings (SSSR count). The summed E-state index contributed by atoms with van der Waals surface area (Å²) in [6.07, 6.45) is 0.955. The minimum Gasteiger partial charge on any atom is -0.369 e. The van der Waals surface area contributed by atoms with Crippen molar-refractivity contribution in [2.75, 3.05) is 0 Å². The lowest BCUT2D eigenvalue weighted by atomic mass is 9.92. The van der Waals surface area contributed by atoms with E-state index < -0.39 is 38.7 Å². The Kier molecular flexibility index (Phi) is 7.26. The third kappa shape index (κ3) is 4.81. The molecule has 2 aromatic carbocycles. The number of amides is 1.